The van der Waals surface area contributed by atoms with Gasteiger partial charge in [0.25, 0.3) is 0 Å². The van der Waals surface area contributed by atoms with E-state index in [2.05, 4.69) is 19.1 Å². The number of rotatable bonds is 8. The lowest BCUT2D eigenvalue weighted by Gasteiger charge is -2.18. The Labute approximate surface area is 137 Å². The molecule has 0 amide bonds. The number of nitrogens with two attached hydrogens (primary N) is 1. The Kier molecular flexibility index (Phi) is 6.41. The molecular formula is C19H24FNO2. The van der Waals surface area contributed by atoms with E-state index in [4.69, 9.17) is 15.2 Å². The van der Waals surface area contributed by atoms with E-state index < -0.39 is 0 Å². The maximum atomic E-state index is 12.9. The van der Waals surface area contributed by atoms with E-state index in [9.17, 15) is 4.39 Å². The van der Waals surface area contributed by atoms with Crippen LogP contribution in [0.4, 0.5) is 4.39 Å². The molecule has 2 aromatic carbocycles. The lowest BCUT2D eigenvalue weighted by molar-refractivity contribution is 0.298. The Hall–Kier alpha value is -2.07. The molecule has 0 fully saturated rings. The second kappa shape index (κ2) is 8.53. The van der Waals surface area contributed by atoms with Crippen molar-refractivity contribution in [2.24, 2.45) is 5.73 Å². The number of halogens is 1. The minimum Gasteiger partial charge on any atom is -0.496 e. The van der Waals surface area contributed by atoms with E-state index in [1.165, 1.54) is 23.3 Å². The second-order valence-electron chi connectivity index (χ2n) is 5.45. The molecule has 1 unspecified atom stereocenters. The number of hydrogen-bond acceptors (Lipinski definition) is 3. The van der Waals surface area contributed by atoms with Crippen molar-refractivity contribution in [3.63, 3.8) is 0 Å². The molecule has 2 N–H and O–H groups in total. The summed E-state index contributed by atoms with van der Waals surface area (Å²) < 4.78 is 23.9. The minimum absolute atomic E-state index is 0.228. The van der Waals surface area contributed by atoms with Crippen LogP contribution in [0.15, 0.2) is 42.5 Å². The van der Waals surface area contributed by atoms with Crippen LogP contribution >= 0.6 is 0 Å². The van der Waals surface area contributed by atoms with Gasteiger partial charge in [-0.3, -0.25) is 0 Å². The molecule has 23 heavy (non-hydrogen) atoms. The molecule has 0 spiro atoms. The van der Waals surface area contributed by atoms with Crippen LogP contribution in [-0.2, 0) is 6.42 Å². The summed E-state index contributed by atoms with van der Waals surface area (Å²) in [5.41, 5.74) is 8.31. The molecule has 4 heteroatoms. The van der Waals surface area contributed by atoms with Gasteiger partial charge in [0.15, 0.2) is 0 Å². The number of aryl methyl sites for hydroxylation is 1. The Morgan fingerprint density at radius 3 is 2.48 bits per heavy atom. The van der Waals surface area contributed by atoms with Gasteiger partial charge in [0.05, 0.1) is 13.7 Å². The number of ether oxygens (including phenoxy) is 2. The largest absolute Gasteiger partial charge is 0.496 e. The first kappa shape index (κ1) is 17.3. The molecule has 1 atom stereocenters. The second-order valence-corrected chi connectivity index (χ2v) is 5.45. The maximum Gasteiger partial charge on any atom is 0.123 e. The Bertz CT molecular complexity index is 613. The average molecular weight is 317 g/mol. The van der Waals surface area contributed by atoms with Crippen molar-refractivity contribution >= 4 is 0 Å². The first-order valence-corrected chi connectivity index (χ1v) is 7.93. The summed E-state index contributed by atoms with van der Waals surface area (Å²) in [5.74, 6) is 1.55. The molecule has 0 aliphatic heterocycles. The zero-order valence-electron chi connectivity index (χ0n) is 13.7. The quantitative estimate of drug-likeness (QED) is 0.803. The summed E-state index contributed by atoms with van der Waals surface area (Å²) in [4.78, 5) is 0. The highest BCUT2D eigenvalue weighted by atomic mass is 19.1. The minimum atomic E-state index is -0.262. The lowest BCUT2D eigenvalue weighted by atomic mass is 9.93. The van der Waals surface area contributed by atoms with Gasteiger partial charge in [-0.15, -0.1) is 0 Å². The van der Waals surface area contributed by atoms with Crippen molar-refractivity contribution in [3.05, 3.63) is 59.4 Å². The topological polar surface area (TPSA) is 44.5 Å². The van der Waals surface area contributed by atoms with Crippen LogP contribution in [0.5, 0.6) is 11.5 Å². The van der Waals surface area contributed by atoms with E-state index in [0.717, 1.165) is 18.6 Å². The molecule has 3 nitrogen and oxygen atoms in total. The highest BCUT2D eigenvalue weighted by Crippen LogP contribution is 2.26. The molecule has 0 aromatic heterocycles. The number of methoxy groups -OCH3 is 1. The molecule has 0 aliphatic rings. The van der Waals surface area contributed by atoms with E-state index in [-0.39, 0.29) is 11.7 Å². The van der Waals surface area contributed by atoms with Crippen molar-refractivity contribution in [2.45, 2.75) is 25.7 Å². The molecule has 2 aromatic rings. The van der Waals surface area contributed by atoms with Gasteiger partial charge in [-0.05, 0) is 66.8 Å². The Morgan fingerprint density at radius 2 is 1.87 bits per heavy atom. The first-order valence-electron chi connectivity index (χ1n) is 7.93. The number of benzene rings is 2. The standard InChI is InChI=1S/C19H24FNO2/c1-3-14-12-15(4-9-19(14)22-2)16(13-21)10-11-23-18-7-5-17(20)6-8-18/h4-9,12,16H,3,10-11,13,21H2,1-2H3. The molecule has 0 saturated carbocycles. The fourth-order valence-electron chi connectivity index (χ4n) is 2.60. The van der Waals surface area contributed by atoms with Crippen LogP contribution in [0.1, 0.15) is 30.4 Å². The van der Waals surface area contributed by atoms with Crippen LogP contribution in [-0.4, -0.2) is 20.3 Å². The van der Waals surface area contributed by atoms with E-state index in [1.54, 1.807) is 19.2 Å². The smallest absolute Gasteiger partial charge is 0.123 e. The van der Waals surface area contributed by atoms with Crippen molar-refractivity contribution < 1.29 is 13.9 Å². The molecule has 0 radical (unpaired) electrons. The van der Waals surface area contributed by atoms with Crippen LogP contribution in [0.2, 0.25) is 0 Å². The molecule has 2 rings (SSSR count). The van der Waals surface area contributed by atoms with Gasteiger partial charge in [-0.1, -0.05) is 19.1 Å². The summed E-state index contributed by atoms with van der Waals surface area (Å²) in [6.07, 6.45) is 1.73. The highest BCUT2D eigenvalue weighted by molar-refractivity contribution is 5.38. The highest BCUT2D eigenvalue weighted by Gasteiger charge is 2.12. The van der Waals surface area contributed by atoms with Crippen molar-refractivity contribution in [1.29, 1.82) is 0 Å². The fourth-order valence-corrected chi connectivity index (χ4v) is 2.60. The lowest BCUT2D eigenvalue weighted by Crippen LogP contribution is -2.16. The van der Waals surface area contributed by atoms with Crippen LogP contribution in [0.25, 0.3) is 0 Å². The third-order valence-electron chi connectivity index (χ3n) is 3.99. The molecular weight excluding hydrogens is 293 g/mol. The average Bonchev–Trinajstić information content (AvgIpc) is 2.59. The molecule has 0 saturated heterocycles. The Morgan fingerprint density at radius 1 is 1.13 bits per heavy atom. The monoisotopic (exact) mass is 317 g/mol. The number of hydrogen-bond donors (Lipinski definition) is 1. The zero-order valence-corrected chi connectivity index (χ0v) is 13.7. The summed E-state index contributed by atoms with van der Waals surface area (Å²) >= 11 is 0. The summed E-state index contributed by atoms with van der Waals surface area (Å²) in [7, 11) is 1.69. The van der Waals surface area contributed by atoms with Crippen molar-refractivity contribution in [2.75, 3.05) is 20.3 Å². The van der Waals surface area contributed by atoms with Gasteiger partial charge in [-0.2, -0.15) is 0 Å². The third kappa shape index (κ3) is 4.70. The zero-order chi connectivity index (χ0) is 16.7. The van der Waals surface area contributed by atoms with Crippen LogP contribution < -0.4 is 15.2 Å². The van der Waals surface area contributed by atoms with Gasteiger partial charge in [-0.25, -0.2) is 4.39 Å². The van der Waals surface area contributed by atoms with Crippen molar-refractivity contribution in [3.8, 4) is 11.5 Å². The van der Waals surface area contributed by atoms with Crippen LogP contribution in [0, 0.1) is 5.82 Å². The predicted molar refractivity (Wildman–Crippen MR) is 90.7 cm³/mol. The van der Waals surface area contributed by atoms with Gasteiger partial charge in [0, 0.05) is 0 Å². The van der Waals surface area contributed by atoms with E-state index in [0.29, 0.717) is 18.9 Å². The third-order valence-corrected chi connectivity index (χ3v) is 3.99. The van der Waals surface area contributed by atoms with Gasteiger partial charge < -0.3 is 15.2 Å². The molecule has 0 aliphatic carbocycles. The van der Waals surface area contributed by atoms with E-state index >= 15 is 0 Å². The summed E-state index contributed by atoms with van der Waals surface area (Å²) in [6, 6.07) is 12.3. The molecule has 124 valence electrons. The van der Waals surface area contributed by atoms with Gasteiger partial charge >= 0.3 is 0 Å². The van der Waals surface area contributed by atoms with Gasteiger partial charge in [0.1, 0.15) is 17.3 Å². The molecule has 0 heterocycles. The summed E-state index contributed by atoms with van der Waals surface area (Å²) in [5, 5.41) is 0. The van der Waals surface area contributed by atoms with E-state index in [1.807, 2.05) is 6.07 Å². The normalized spacial score (nSPS) is 12.0. The fraction of sp³-hybridized carbons (Fsp3) is 0.368. The molecule has 0 bridgehead atoms. The first-order chi connectivity index (χ1) is 11.2. The summed E-state index contributed by atoms with van der Waals surface area (Å²) in [6.45, 7) is 3.21. The predicted octanol–water partition coefficient (Wildman–Crippen LogP) is 3.91. The van der Waals surface area contributed by atoms with Gasteiger partial charge in [0.2, 0.25) is 0 Å². The maximum absolute atomic E-state index is 12.9. The SMILES string of the molecule is CCc1cc(C(CN)CCOc2ccc(F)cc2)ccc1OC. The van der Waals surface area contributed by atoms with Crippen LogP contribution in [0.3, 0.4) is 0 Å². The van der Waals surface area contributed by atoms with Crippen molar-refractivity contribution in [1.82, 2.24) is 0 Å². The Balaban J connectivity index is 1.98.